The highest BCUT2D eigenvalue weighted by Gasteiger charge is 2.06. The molecule has 0 bridgehead atoms. The Balaban J connectivity index is 1.88. The molecule has 1 rings (SSSR count). The van der Waals surface area contributed by atoms with Gasteiger partial charge in [0.25, 0.3) is 0 Å². The maximum absolute atomic E-state index is 11.8. The van der Waals surface area contributed by atoms with Gasteiger partial charge in [-0.15, -0.1) is 0 Å². The van der Waals surface area contributed by atoms with E-state index in [0.717, 1.165) is 12.8 Å². The molecule has 0 aliphatic carbocycles. The Kier molecular flexibility index (Phi) is 11.9. The van der Waals surface area contributed by atoms with Gasteiger partial charge in [0.15, 0.2) is 0 Å². The molecule has 0 aromatic heterocycles. The number of aromatic hydroxyl groups is 1. The van der Waals surface area contributed by atoms with Crippen LogP contribution in [-0.2, 0) is 4.74 Å². The minimum Gasteiger partial charge on any atom is -0.508 e. The third-order valence-electron chi connectivity index (χ3n) is 4.31. The van der Waals surface area contributed by atoms with Crippen LogP contribution in [-0.4, -0.2) is 17.7 Å². The minimum atomic E-state index is -0.353. The molecule has 1 N–H and O–H groups in total. The lowest BCUT2D eigenvalue weighted by Gasteiger charge is -2.05. The second kappa shape index (κ2) is 13.9. The highest BCUT2D eigenvalue weighted by atomic mass is 16.5. The number of phenols is 1. The highest BCUT2D eigenvalue weighted by Crippen LogP contribution is 2.13. The van der Waals surface area contributed by atoms with Crippen LogP contribution in [0, 0.1) is 0 Å². The fourth-order valence-corrected chi connectivity index (χ4v) is 2.82. The first kappa shape index (κ1) is 20.5. The Morgan fingerprint density at radius 2 is 1.42 bits per heavy atom. The van der Waals surface area contributed by atoms with Gasteiger partial charge in [-0.3, -0.25) is 0 Å². The van der Waals surface area contributed by atoms with Crippen LogP contribution >= 0.6 is 0 Å². The van der Waals surface area contributed by atoms with Gasteiger partial charge in [-0.2, -0.15) is 0 Å². The summed E-state index contributed by atoms with van der Waals surface area (Å²) < 4.78 is 5.22. The summed E-state index contributed by atoms with van der Waals surface area (Å²) >= 11 is 0. The third-order valence-corrected chi connectivity index (χ3v) is 4.31. The smallest absolute Gasteiger partial charge is 0.338 e. The number of unbranched alkanes of at least 4 members (excludes halogenated alkanes) is 11. The first-order chi connectivity index (χ1) is 11.7. The van der Waals surface area contributed by atoms with E-state index in [4.69, 9.17) is 4.74 Å². The molecule has 3 heteroatoms. The Labute approximate surface area is 147 Å². The molecule has 24 heavy (non-hydrogen) atoms. The van der Waals surface area contributed by atoms with Crippen LogP contribution in [0.15, 0.2) is 24.3 Å². The zero-order valence-electron chi connectivity index (χ0n) is 15.3. The predicted molar refractivity (Wildman–Crippen MR) is 99.5 cm³/mol. The maximum atomic E-state index is 11.8. The minimum absolute atomic E-state index is 0.0924. The molecule has 0 aliphatic rings. The van der Waals surface area contributed by atoms with Crippen LogP contribution in [0.4, 0.5) is 0 Å². The van der Waals surface area contributed by atoms with Gasteiger partial charge < -0.3 is 9.84 Å². The molecule has 0 unspecified atom stereocenters. The van der Waals surface area contributed by atoms with E-state index in [-0.39, 0.29) is 11.7 Å². The fraction of sp³-hybridized carbons (Fsp3) is 0.667. The molecule has 1 aromatic carbocycles. The summed E-state index contributed by atoms with van der Waals surface area (Å²) in [6.45, 7) is 2.72. The number of esters is 1. The van der Waals surface area contributed by atoms with Crippen molar-refractivity contribution in [1.82, 2.24) is 0 Å². The van der Waals surface area contributed by atoms with E-state index in [1.54, 1.807) is 18.2 Å². The van der Waals surface area contributed by atoms with Gasteiger partial charge in [-0.1, -0.05) is 83.6 Å². The fourth-order valence-electron chi connectivity index (χ4n) is 2.82. The Morgan fingerprint density at radius 1 is 0.875 bits per heavy atom. The number of benzene rings is 1. The molecule has 0 aliphatic heterocycles. The largest absolute Gasteiger partial charge is 0.508 e. The predicted octanol–water partition coefficient (Wildman–Crippen LogP) is 6.25. The van der Waals surface area contributed by atoms with Crippen LogP contribution in [0.25, 0.3) is 0 Å². The topological polar surface area (TPSA) is 46.5 Å². The third kappa shape index (κ3) is 10.3. The van der Waals surface area contributed by atoms with Crippen LogP contribution in [0.3, 0.4) is 0 Å². The molecule has 3 nitrogen and oxygen atoms in total. The summed E-state index contributed by atoms with van der Waals surface area (Å²) in [5.41, 5.74) is 0.411. The lowest BCUT2D eigenvalue weighted by Crippen LogP contribution is -2.06. The van der Waals surface area contributed by atoms with E-state index in [2.05, 4.69) is 6.92 Å². The average Bonchev–Trinajstić information content (AvgIpc) is 2.59. The first-order valence-corrected chi connectivity index (χ1v) is 9.70. The molecule has 0 atom stereocenters. The van der Waals surface area contributed by atoms with Crippen molar-refractivity contribution in [2.75, 3.05) is 6.61 Å². The van der Waals surface area contributed by atoms with E-state index < -0.39 is 0 Å². The van der Waals surface area contributed by atoms with Crippen molar-refractivity contribution in [3.05, 3.63) is 29.8 Å². The standard InChI is InChI=1S/C21H34O3/c1-2-3-4-5-6-7-8-9-10-11-12-13-17-24-21(23)19-15-14-16-20(22)18-19/h14-16,18,22H,2-13,17H2,1H3. The normalized spacial score (nSPS) is 10.7. The number of rotatable bonds is 14. The Bertz CT molecular complexity index is 442. The molecule has 0 saturated heterocycles. The molecule has 0 amide bonds. The second-order valence-electron chi connectivity index (χ2n) is 6.58. The number of hydrogen-bond donors (Lipinski definition) is 1. The van der Waals surface area contributed by atoms with Crippen LogP contribution in [0.1, 0.15) is 94.3 Å². The van der Waals surface area contributed by atoms with Crippen molar-refractivity contribution in [3.8, 4) is 5.75 Å². The van der Waals surface area contributed by atoms with E-state index in [1.807, 2.05) is 0 Å². The van der Waals surface area contributed by atoms with Gasteiger partial charge in [0.2, 0.25) is 0 Å². The summed E-state index contributed by atoms with van der Waals surface area (Å²) in [7, 11) is 0. The molecular weight excluding hydrogens is 300 g/mol. The van der Waals surface area contributed by atoms with Crippen molar-refractivity contribution in [2.24, 2.45) is 0 Å². The number of carbonyl (C=O) groups is 1. The SMILES string of the molecule is CCCCCCCCCCCCCCOC(=O)c1cccc(O)c1. The first-order valence-electron chi connectivity index (χ1n) is 9.70. The maximum Gasteiger partial charge on any atom is 0.338 e. The van der Waals surface area contributed by atoms with E-state index in [0.29, 0.717) is 12.2 Å². The van der Waals surface area contributed by atoms with Crippen molar-refractivity contribution in [1.29, 1.82) is 0 Å². The summed E-state index contributed by atoms with van der Waals surface area (Å²) in [6, 6.07) is 6.28. The van der Waals surface area contributed by atoms with Crippen molar-refractivity contribution in [2.45, 2.75) is 84.0 Å². The van der Waals surface area contributed by atoms with Gasteiger partial charge in [-0.25, -0.2) is 4.79 Å². The van der Waals surface area contributed by atoms with Crippen LogP contribution in [0.5, 0.6) is 5.75 Å². The molecular formula is C21H34O3. The molecule has 0 spiro atoms. The molecule has 0 radical (unpaired) electrons. The summed E-state index contributed by atoms with van der Waals surface area (Å²) in [6.07, 6.45) is 15.5. The van der Waals surface area contributed by atoms with E-state index in [1.165, 1.54) is 70.3 Å². The summed E-state index contributed by atoms with van der Waals surface area (Å²) in [5.74, 6) is -0.260. The van der Waals surface area contributed by atoms with Crippen LogP contribution in [0.2, 0.25) is 0 Å². The van der Waals surface area contributed by atoms with Gasteiger partial charge in [0, 0.05) is 0 Å². The number of phenolic OH excluding ortho intramolecular Hbond substituents is 1. The Morgan fingerprint density at radius 3 is 1.96 bits per heavy atom. The number of ether oxygens (including phenoxy) is 1. The molecule has 136 valence electrons. The van der Waals surface area contributed by atoms with Gasteiger partial charge in [0.1, 0.15) is 5.75 Å². The summed E-state index contributed by atoms with van der Waals surface area (Å²) in [4.78, 5) is 11.8. The monoisotopic (exact) mass is 334 g/mol. The molecule has 1 aromatic rings. The van der Waals surface area contributed by atoms with Crippen molar-refractivity contribution in [3.63, 3.8) is 0 Å². The van der Waals surface area contributed by atoms with Gasteiger partial charge in [-0.05, 0) is 24.6 Å². The molecule has 0 fully saturated rings. The van der Waals surface area contributed by atoms with E-state index in [9.17, 15) is 9.90 Å². The van der Waals surface area contributed by atoms with Crippen molar-refractivity contribution >= 4 is 5.97 Å². The molecule has 0 heterocycles. The lowest BCUT2D eigenvalue weighted by molar-refractivity contribution is 0.0497. The lowest BCUT2D eigenvalue weighted by atomic mass is 10.1. The molecule has 0 saturated carbocycles. The summed E-state index contributed by atoms with van der Waals surface area (Å²) in [5, 5.41) is 9.34. The van der Waals surface area contributed by atoms with Gasteiger partial charge >= 0.3 is 5.97 Å². The van der Waals surface area contributed by atoms with E-state index >= 15 is 0 Å². The van der Waals surface area contributed by atoms with Gasteiger partial charge in [0.05, 0.1) is 12.2 Å². The zero-order valence-corrected chi connectivity index (χ0v) is 15.3. The highest BCUT2D eigenvalue weighted by molar-refractivity contribution is 5.89. The zero-order chi connectivity index (χ0) is 17.5. The average molecular weight is 334 g/mol. The quantitative estimate of drug-likeness (QED) is 0.323. The van der Waals surface area contributed by atoms with Crippen molar-refractivity contribution < 1.29 is 14.6 Å². The number of carbonyl (C=O) groups excluding carboxylic acids is 1. The number of hydrogen-bond acceptors (Lipinski definition) is 3. The Hall–Kier alpha value is -1.51. The second-order valence-corrected chi connectivity index (χ2v) is 6.58. The van der Waals surface area contributed by atoms with Crippen LogP contribution < -0.4 is 0 Å².